The normalized spacial score (nSPS) is 15.7. The van der Waals surface area contributed by atoms with Gasteiger partial charge in [-0.1, -0.05) is 18.5 Å². The second kappa shape index (κ2) is 7.67. The minimum atomic E-state index is -3.90. The summed E-state index contributed by atoms with van der Waals surface area (Å²) in [6.45, 7) is 4.10. The lowest BCUT2D eigenvalue weighted by molar-refractivity contribution is 0.403. The number of hydrogen-bond acceptors (Lipinski definition) is 6. The second-order valence-electron chi connectivity index (χ2n) is 6.35. The molecule has 2 aromatic rings. The van der Waals surface area contributed by atoms with Crippen molar-refractivity contribution < 1.29 is 13.2 Å². The van der Waals surface area contributed by atoms with Gasteiger partial charge in [0.2, 0.25) is 0 Å². The summed E-state index contributed by atoms with van der Waals surface area (Å²) < 4.78 is 32.8. The third-order valence-electron chi connectivity index (χ3n) is 4.41. The van der Waals surface area contributed by atoms with Crippen molar-refractivity contribution in [3.05, 3.63) is 35.4 Å². The highest BCUT2D eigenvalue weighted by atomic mass is 35.5. The topological polar surface area (TPSA) is 84.4 Å². The molecule has 1 aromatic heterocycles. The number of anilines is 2. The van der Waals surface area contributed by atoms with Gasteiger partial charge in [0.15, 0.2) is 11.6 Å². The summed E-state index contributed by atoms with van der Waals surface area (Å²) in [5.41, 5.74) is 0. The summed E-state index contributed by atoms with van der Waals surface area (Å²) in [5, 5.41) is 8.46. The Bertz CT molecular complexity index is 866. The van der Waals surface area contributed by atoms with E-state index < -0.39 is 10.0 Å². The van der Waals surface area contributed by atoms with Crippen LogP contribution in [0.4, 0.5) is 11.6 Å². The first-order chi connectivity index (χ1) is 12.4. The van der Waals surface area contributed by atoms with Gasteiger partial charge >= 0.3 is 0 Å². The summed E-state index contributed by atoms with van der Waals surface area (Å²) in [5.74, 6) is 1.81. The van der Waals surface area contributed by atoms with Crippen molar-refractivity contribution >= 4 is 33.3 Å². The van der Waals surface area contributed by atoms with Crippen molar-refractivity contribution in [1.82, 2.24) is 10.2 Å². The van der Waals surface area contributed by atoms with E-state index >= 15 is 0 Å². The number of piperidine rings is 1. The lowest BCUT2D eigenvalue weighted by Gasteiger charge is -2.30. The maximum atomic E-state index is 12.6. The van der Waals surface area contributed by atoms with Crippen LogP contribution in [0.5, 0.6) is 5.75 Å². The Hall–Kier alpha value is -2.06. The van der Waals surface area contributed by atoms with Gasteiger partial charge in [-0.2, -0.15) is 0 Å². The fourth-order valence-electron chi connectivity index (χ4n) is 2.84. The van der Waals surface area contributed by atoms with E-state index in [-0.39, 0.29) is 16.5 Å². The van der Waals surface area contributed by atoms with Gasteiger partial charge in [0, 0.05) is 18.1 Å². The van der Waals surface area contributed by atoms with Crippen molar-refractivity contribution in [2.24, 2.45) is 5.92 Å². The molecule has 2 heterocycles. The minimum Gasteiger partial charge on any atom is -0.495 e. The largest absolute Gasteiger partial charge is 0.495 e. The molecule has 0 saturated carbocycles. The van der Waals surface area contributed by atoms with Gasteiger partial charge in [-0.15, -0.1) is 10.2 Å². The predicted octanol–water partition coefficient (Wildman–Crippen LogP) is 3.18. The first-order valence-electron chi connectivity index (χ1n) is 8.34. The number of aromatic nitrogens is 2. The summed E-state index contributed by atoms with van der Waals surface area (Å²) in [6, 6.07) is 7.78. The molecule has 7 nitrogen and oxygen atoms in total. The number of halogens is 1. The molecule has 0 aliphatic carbocycles. The highest BCUT2D eigenvalue weighted by molar-refractivity contribution is 7.92. The van der Waals surface area contributed by atoms with Crippen LogP contribution in [-0.4, -0.2) is 38.8 Å². The van der Waals surface area contributed by atoms with E-state index in [2.05, 4.69) is 26.7 Å². The Labute approximate surface area is 158 Å². The fraction of sp³-hybridized carbons (Fsp3) is 0.412. The van der Waals surface area contributed by atoms with Gasteiger partial charge in [0.25, 0.3) is 10.0 Å². The SMILES string of the molecule is COc1ccc(Cl)cc1S(=O)(=O)Nc1ccc(N2CCC(C)CC2)nn1. The third-order valence-corrected chi connectivity index (χ3v) is 6.02. The molecule has 1 fully saturated rings. The number of nitrogens with one attached hydrogen (secondary N) is 1. The maximum absolute atomic E-state index is 12.6. The molecule has 0 unspecified atom stereocenters. The Kier molecular flexibility index (Phi) is 5.52. The van der Waals surface area contributed by atoms with Crippen LogP contribution in [0.2, 0.25) is 5.02 Å². The highest BCUT2D eigenvalue weighted by Crippen LogP contribution is 2.28. The van der Waals surface area contributed by atoms with Crippen LogP contribution in [0.3, 0.4) is 0 Å². The Balaban J connectivity index is 1.77. The summed E-state index contributed by atoms with van der Waals surface area (Å²) in [6.07, 6.45) is 2.23. The minimum absolute atomic E-state index is 0.0524. The summed E-state index contributed by atoms with van der Waals surface area (Å²) in [4.78, 5) is 2.11. The van der Waals surface area contributed by atoms with Crippen LogP contribution in [0.15, 0.2) is 35.2 Å². The Morgan fingerprint density at radius 3 is 2.54 bits per heavy atom. The van der Waals surface area contributed by atoms with E-state index in [0.29, 0.717) is 5.02 Å². The summed E-state index contributed by atoms with van der Waals surface area (Å²) in [7, 11) is -2.50. The average molecular weight is 397 g/mol. The van der Waals surface area contributed by atoms with Gasteiger partial charge < -0.3 is 9.64 Å². The van der Waals surface area contributed by atoms with Gasteiger partial charge in [-0.25, -0.2) is 8.42 Å². The number of methoxy groups -OCH3 is 1. The van der Waals surface area contributed by atoms with E-state index in [0.717, 1.165) is 37.7 Å². The molecule has 9 heteroatoms. The van der Waals surface area contributed by atoms with E-state index in [9.17, 15) is 8.42 Å². The molecular formula is C17H21ClN4O3S. The monoisotopic (exact) mass is 396 g/mol. The molecule has 1 aliphatic heterocycles. The molecule has 0 radical (unpaired) electrons. The van der Waals surface area contributed by atoms with Crippen LogP contribution < -0.4 is 14.4 Å². The molecule has 0 atom stereocenters. The number of rotatable bonds is 5. The van der Waals surface area contributed by atoms with Gasteiger partial charge in [0.05, 0.1) is 7.11 Å². The van der Waals surface area contributed by atoms with Crippen LogP contribution in [-0.2, 0) is 10.0 Å². The van der Waals surface area contributed by atoms with Crippen molar-refractivity contribution in [2.45, 2.75) is 24.7 Å². The average Bonchev–Trinajstić information content (AvgIpc) is 2.63. The Morgan fingerprint density at radius 2 is 1.92 bits per heavy atom. The third kappa shape index (κ3) is 4.19. The number of sulfonamides is 1. The molecule has 0 bridgehead atoms. The van der Waals surface area contributed by atoms with Crippen molar-refractivity contribution in [3.8, 4) is 5.75 Å². The first kappa shape index (κ1) is 18.7. The molecule has 1 N–H and O–H groups in total. The number of benzene rings is 1. The van der Waals surface area contributed by atoms with Gasteiger partial charge in [-0.3, -0.25) is 4.72 Å². The molecule has 1 aromatic carbocycles. The Morgan fingerprint density at radius 1 is 1.19 bits per heavy atom. The molecule has 1 aliphatic rings. The lowest BCUT2D eigenvalue weighted by atomic mass is 9.99. The molecule has 1 saturated heterocycles. The fourth-order valence-corrected chi connectivity index (χ4v) is 4.27. The second-order valence-corrected chi connectivity index (χ2v) is 8.43. The lowest BCUT2D eigenvalue weighted by Crippen LogP contribution is -2.33. The van der Waals surface area contributed by atoms with Gasteiger partial charge in [-0.05, 0) is 49.1 Å². The molecular weight excluding hydrogens is 376 g/mol. The quantitative estimate of drug-likeness (QED) is 0.835. The highest BCUT2D eigenvalue weighted by Gasteiger charge is 2.22. The van der Waals surface area contributed by atoms with E-state index in [1.807, 2.05) is 0 Å². The predicted molar refractivity (Wildman–Crippen MR) is 101 cm³/mol. The van der Waals surface area contributed by atoms with Crippen LogP contribution in [0, 0.1) is 5.92 Å². The number of hydrogen-bond donors (Lipinski definition) is 1. The molecule has 0 spiro atoms. The van der Waals surface area contributed by atoms with E-state index in [1.54, 1.807) is 18.2 Å². The van der Waals surface area contributed by atoms with Crippen LogP contribution >= 0.6 is 11.6 Å². The zero-order valence-corrected chi connectivity index (χ0v) is 16.2. The molecule has 26 heavy (non-hydrogen) atoms. The number of ether oxygens (including phenoxy) is 1. The van der Waals surface area contributed by atoms with Crippen molar-refractivity contribution in [2.75, 3.05) is 29.8 Å². The molecule has 140 valence electrons. The van der Waals surface area contributed by atoms with Gasteiger partial charge in [0.1, 0.15) is 10.6 Å². The zero-order valence-electron chi connectivity index (χ0n) is 14.6. The standard InChI is InChI=1S/C17H21ClN4O3S/c1-12-7-9-22(10-8-12)17-6-5-16(19-20-17)21-26(23,24)15-11-13(18)3-4-14(15)25-2/h3-6,11-12H,7-10H2,1-2H3,(H,19,21). The van der Waals surface area contributed by atoms with E-state index in [1.165, 1.54) is 19.2 Å². The first-order valence-corrected chi connectivity index (χ1v) is 10.2. The molecule has 3 rings (SSSR count). The van der Waals surface area contributed by atoms with E-state index in [4.69, 9.17) is 16.3 Å². The van der Waals surface area contributed by atoms with Crippen LogP contribution in [0.1, 0.15) is 19.8 Å². The summed E-state index contributed by atoms with van der Waals surface area (Å²) >= 11 is 5.92. The smallest absolute Gasteiger partial charge is 0.266 e. The number of nitrogens with zero attached hydrogens (tertiary/aromatic N) is 3. The van der Waals surface area contributed by atoms with Crippen molar-refractivity contribution in [1.29, 1.82) is 0 Å². The van der Waals surface area contributed by atoms with Crippen LogP contribution in [0.25, 0.3) is 0 Å². The molecule has 0 amide bonds. The maximum Gasteiger partial charge on any atom is 0.266 e. The van der Waals surface area contributed by atoms with Crippen molar-refractivity contribution in [3.63, 3.8) is 0 Å². The zero-order chi connectivity index (χ0) is 18.7.